The maximum absolute atomic E-state index is 5.93. The molecular weight excluding hydrogens is 284 g/mol. The van der Waals surface area contributed by atoms with E-state index in [1.807, 2.05) is 31.3 Å². The van der Waals surface area contributed by atoms with Gasteiger partial charge in [0.15, 0.2) is 0 Å². The lowest BCUT2D eigenvalue weighted by Crippen LogP contribution is -2.20. The molecule has 1 heterocycles. The van der Waals surface area contributed by atoms with E-state index in [2.05, 4.69) is 34.0 Å². The van der Waals surface area contributed by atoms with Crippen LogP contribution in [0.5, 0.6) is 0 Å². The lowest BCUT2D eigenvalue weighted by molar-refractivity contribution is 0.870. The maximum Gasteiger partial charge on any atom is 0.137 e. The van der Waals surface area contributed by atoms with Crippen LogP contribution in [0, 0.1) is 0 Å². The van der Waals surface area contributed by atoms with Crippen molar-refractivity contribution < 1.29 is 0 Å². The largest absolute Gasteiger partial charge is 0.370 e. The van der Waals surface area contributed by atoms with Crippen molar-refractivity contribution in [2.24, 2.45) is 0 Å². The van der Waals surface area contributed by atoms with E-state index < -0.39 is 0 Å². The van der Waals surface area contributed by atoms with Gasteiger partial charge in [0.05, 0.1) is 0 Å². The average Bonchev–Trinajstić information content (AvgIpc) is 2.49. The van der Waals surface area contributed by atoms with Crippen LogP contribution in [0.25, 0.3) is 0 Å². The summed E-state index contributed by atoms with van der Waals surface area (Å²) in [5, 5.41) is 4.06. The zero-order valence-electron chi connectivity index (χ0n) is 12.7. The van der Waals surface area contributed by atoms with Gasteiger partial charge in [-0.25, -0.2) is 9.97 Å². The van der Waals surface area contributed by atoms with Crippen molar-refractivity contribution >= 4 is 23.2 Å². The molecule has 0 radical (unpaired) electrons. The zero-order valence-corrected chi connectivity index (χ0v) is 13.5. The number of aromatic nitrogens is 2. The van der Waals surface area contributed by atoms with Crippen molar-refractivity contribution in [2.45, 2.75) is 26.8 Å². The highest BCUT2D eigenvalue weighted by Gasteiger charge is 2.13. The highest BCUT2D eigenvalue weighted by Crippen LogP contribution is 2.24. The van der Waals surface area contributed by atoms with E-state index in [4.69, 9.17) is 11.6 Å². The van der Waals surface area contributed by atoms with Crippen LogP contribution in [-0.4, -0.2) is 23.6 Å². The van der Waals surface area contributed by atoms with Gasteiger partial charge in [0.1, 0.15) is 18.0 Å². The Kier molecular flexibility index (Phi) is 5.39. The van der Waals surface area contributed by atoms with Crippen LogP contribution in [0.15, 0.2) is 30.6 Å². The van der Waals surface area contributed by atoms with Gasteiger partial charge in [-0.15, -0.1) is 0 Å². The molecule has 0 aliphatic heterocycles. The number of nitrogens with zero attached hydrogens (tertiary/aromatic N) is 3. The van der Waals surface area contributed by atoms with Gasteiger partial charge >= 0.3 is 0 Å². The fourth-order valence-electron chi connectivity index (χ4n) is 2.32. The molecule has 21 heavy (non-hydrogen) atoms. The lowest BCUT2D eigenvalue weighted by atomic mass is 10.1. The summed E-state index contributed by atoms with van der Waals surface area (Å²) in [6.45, 7) is 5.83. The predicted octanol–water partition coefficient (Wildman–Crippen LogP) is 3.76. The van der Waals surface area contributed by atoms with Crippen LogP contribution in [0.4, 0.5) is 11.6 Å². The van der Waals surface area contributed by atoms with Crippen LogP contribution in [0.2, 0.25) is 5.02 Å². The number of halogens is 1. The van der Waals surface area contributed by atoms with Crippen molar-refractivity contribution in [1.29, 1.82) is 0 Å². The highest BCUT2D eigenvalue weighted by molar-refractivity contribution is 6.30. The Labute approximate surface area is 131 Å². The van der Waals surface area contributed by atoms with Gasteiger partial charge in [-0.1, -0.05) is 30.7 Å². The second-order valence-corrected chi connectivity index (χ2v) is 5.33. The third kappa shape index (κ3) is 3.85. The van der Waals surface area contributed by atoms with E-state index in [0.717, 1.165) is 41.7 Å². The molecule has 0 bridgehead atoms. The van der Waals surface area contributed by atoms with Gasteiger partial charge in [0.25, 0.3) is 0 Å². The number of nitrogens with one attached hydrogen (secondary N) is 1. The minimum atomic E-state index is 0.757. The summed E-state index contributed by atoms with van der Waals surface area (Å²) in [4.78, 5) is 10.9. The number of anilines is 2. The quantitative estimate of drug-likeness (QED) is 0.882. The number of rotatable bonds is 6. The summed E-state index contributed by atoms with van der Waals surface area (Å²) in [7, 11) is 2.05. The van der Waals surface area contributed by atoms with E-state index in [-0.39, 0.29) is 0 Å². The third-order valence-corrected chi connectivity index (χ3v) is 3.57. The van der Waals surface area contributed by atoms with Gasteiger partial charge in [-0.2, -0.15) is 0 Å². The smallest absolute Gasteiger partial charge is 0.137 e. The Hall–Kier alpha value is -1.81. The molecule has 0 saturated heterocycles. The number of hydrogen-bond acceptors (Lipinski definition) is 4. The molecule has 0 saturated carbocycles. The molecule has 1 aromatic carbocycles. The van der Waals surface area contributed by atoms with E-state index in [1.54, 1.807) is 6.33 Å². The molecule has 2 aromatic rings. The minimum absolute atomic E-state index is 0.757. The molecule has 5 heteroatoms. The van der Waals surface area contributed by atoms with Gasteiger partial charge in [-0.3, -0.25) is 0 Å². The Bertz CT molecular complexity index is 583. The van der Waals surface area contributed by atoms with Crippen molar-refractivity contribution in [2.75, 3.05) is 23.8 Å². The first-order valence-electron chi connectivity index (χ1n) is 7.19. The summed E-state index contributed by atoms with van der Waals surface area (Å²) in [6, 6.07) is 7.90. The topological polar surface area (TPSA) is 41.1 Å². The van der Waals surface area contributed by atoms with E-state index in [1.165, 1.54) is 5.56 Å². The van der Waals surface area contributed by atoms with E-state index in [0.29, 0.717) is 0 Å². The SMILES string of the molecule is CCNc1ncnc(N(C)Cc2ccc(Cl)cc2)c1CC. The molecule has 0 amide bonds. The van der Waals surface area contributed by atoms with E-state index in [9.17, 15) is 0 Å². The molecule has 0 atom stereocenters. The summed E-state index contributed by atoms with van der Waals surface area (Å²) in [5.41, 5.74) is 2.35. The zero-order chi connectivity index (χ0) is 15.2. The van der Waals surface area contributed by atoms with Crippen LogP contribution in [0.3, 0.4) is 0 Å². The Morgan fingerprint density at radius 3 is 2.48 bits per heavy atom. The fraction of sp³-hybridized carbons (Fsp3) is 0.375. The third-order valence-electron chi connectivity index (χ3n) is 3.31. The molecule has 112 valence electrons. The molecule has 0 fully saturated rings. The molecule has 1 aromatic heterocycles. The average molecular weight is 305 g/mol. The van der Waals surface area contributed by atoms with Crippen LogP contribution < -0.4 is 10.2 Å². The maximum atomic E-state index is 5.93. The Balaban J connectivity index is 2.23. The van der Waals surface area contributed by atoms with Crippen molar-refractivity contribution in [3.8, 4) is 0 Å². The summed E-state index contributed by atoms with van der Waals surface area (Å²) in [6.07, 6.45) is 2.51. The summed E-state index contributed by atoms with van der Waals surface area (Å²) < 4.78 is 0. The Morgan fingerprint density at radius 2 is 1.86 bits per heavy atom. The molecule has 4 nitrogen and oxygen atoms in total. The minimum Gasteiger partial charge on any atom is -0.370 e. The second-order valence-electron chi connectivity index (χ2n) is 4.89. The van der Waals surface area contributed by atoms with Gasteiger partial charge in [-0.05, 0) is 31.0 Å². The molecule has 1 N–H and O–H groups in total. The van der Waals surface area contributed by atoms with Crippen molar-refractivity contribution in [3.63, 3.8) is 0 Å². The first-order valence-corrected chi connectivity index (χ1v) is 7.56. The van der Waals surface area contributed by atoms with Crippen molar-refractivity contribution in [3.05, 3.63) is 46.7 Å². The van der Waals surface area contributed by atoms with E-state index >= 15 is 0 Å². The molecule has 0 aliphatic carbocycles. The molecule has 2 rings (SSSR count). The van der Waals surface area contributed by atoms with Gasteiger partial charge < -0.3 is 10.2 Å². The molecule has 0 unspecified atom stereocenters. The number of benzene rings is 1. The van der Waals surface area contributed by atoms with Crippen LogP contribution >= 0.6 is 11.6 Å². The highest BCUT2D eigenvalue weighted by atomic mass is 35.5. The molecule has 0 spiro atoms. The first kappa shape index (κ1) is 15.6. The normalized spacial score (nSPS) is 10.5. The Morgan fingerprint density at radius 1 is 1.14 bits per heavy atom. The van der Waals surface area contributed by atoms with Gasteiger partial charge in [0.2, 0.25) is 0 Å². The second kappa shape index (κ2) is 7.27. The number of hydrogen-bond donors (Lipinski definition) is 1. The van der Waals surface area contributed by atoms with Crippen LogP contribution in [0.1, 0.15) is 25.0 Å². The molecule has 0 aliphatic rings. The summed E-state index contributed by atoms with van der Waals surface area (Å²) in [5.74, 6) is 1.89. The summed E-state index contributed by atoms with van der Waals surface area (Å²) >= 11 is 5.93. The van der Waals surface area contributed by atoms with Crippen LogP contribution in [-0.2, 0) is 13.0 Å². The van der Waals surface area contributed by atoms with Gasteiger partial charge in [0, 0.05) is 30.7 Å². The molecular formula is C16H21ClN4. The fourth-order valence-corrected chi connectivity index (χ4v) is 2.44. The lowest BCUT2D eigenvalue weighted by Gasteiger charge is -2.22. The predicted molar refractivity (Wildman–Crippen MR) is 89.1 cm³/mol. The first-order chi connectivity index (χ1) is 10.2. The monoisotopic (exact) mass is 304 g/mol. The standard InChI is InChI=1S/C16H21ClN4/c1-4-14-15(18-5-2)19-11-20-16(14)21(3)10-12-6-8-13(17)9-7-12/h6-9,11H,4-5,10H2,1-3H3,(H,18,19,20). The van der Waals surface area contributed by atoms with Crippen molar-refractivity contribution in [1.82, 2.24) is 9.97 Å².